The number of furan rings is 1. The fourth-order valence-corrected chi connectivity index (χ4v) is 2.38. The van der Waals surface area contributed by atoms with Crippen LogP contribution in [0.25, 0.3) is 0 Å². The van der Waals surface area contributed by atoms with Crippen molar-refractivity contribution >= 4 is 0 Å². The van der Waals surface area contributed by atoms with Crippen LogP contribution in [0.4, 0.5) is 0 Å². The highest BCUT2D eigenvalue weighted by Gasteiger charge is 2.13. The summed E-state index contributed by atoms with van der Waals surface area (Å²) in [5.74, 6) is 2.78. The Morgan fingerprint density at radius 3 is 2.60 bits per heavy atom. The van der Waals surface area contributed by atoms with Crippen LogP contribution in [-0.4, -0.2) is 24.5 Å². The van der Waals surface area contributed by atoms with Crippen molar-refractivity contribution in [1.29, 1.82) is 0 Å². The lowest BCUT2D eigenvalue weighted by Crippen LogP contribution is -2.28. The van der Waals surface area contributed by atoms with E-state index in [-0.39, 0.29) is 0 Å². The van der Waals surface area contributed by atoms with E-state index in [1.54, 1.807) is 0 Å². The van der Waals surface area contributed by atoms with E-state index in [0.29, 0.717) is 12.0 Å². The lowest BCUT2D eigenvalue weighted by molar-refractivity contribution is 0.235. The molecule has 1 atom stereocenters. The van der Waals surface area contributed by atoms with E-state index in [9.17, 15) is 0 Å². The van der Waals surface area contributed by atoms with Crippen molar-refractivity contribution in [2.45, 2.75) is 66.6 Å². The minimum atomic E-state index is 0.622. The minimum Gasteiger partial charge on any atom is -0.465 e. The Morgan fingerprint density at radius 1 is 1.30 bits per heavy atom. The first-order valence-electron chi connectivity index (χ1n) is 7.93. The zero-order valence-electron chi connectivity index (χ0n) is 14.1. The molecular weight excluding hydrogens is 248 g/mol. The number of aryl methyl sites for hydroxylation is 1. The number of rotatable bonds is 9. The molecule has 20 heavy (non-hydrogen) atoms. The second kappa shape index (κ2) is 8.48. The molecule has 1 heterocycles. The van der Waals surface area contributed by atoms with Gasteiger partial charge in [-0.25, -0.2) is 0 Å². The fraction of sp³-hybridized carbons (Fsp3) is 0.765. The molecule has 0 bridgehead atoms. The maximum absolute atomic E-state index is 5.85. The normalized spacial score (nSPS) is 13.4. The third kappa shape index (κ3) is 5.68. The molecule has 3 heteroatoms. The Bertz CT molecular complexity index is 384. The molecule has 0 spiro atoms. The van der Waals surface area contributed by atoms with Gasteiger partial charge in [-0.1, -0.05) is 27.2 Å². The zero-order chi connectivity index (χ0) is 15.1. The van der Waals surface area contributed by atoms with Crippen LogP contribution in [0.2, 0.25) is 0 Å². The molecule has 1 aromatic heterocycles. The molecule has 0 fully saturated rings. The molecule has 116 valence electrons. The van der Waals surface area contributed by atoms with Crippen molar-refractivity contribution in [3.05, 3.63) is 23.2 Å². The molecule has 0 aliphatic rings. The summed E-state index contributed by atoms with van der Waals surface area (Å²) in [6.07, 6.45) is 2.48. The summed E-state index contributed by atoms with van der Waals surface area (Å²) < 4.78 is 5.85. The molecule has 0 radical (unpaired) electrons. The summed E-state index contributed by atoms with van der Waals surface area (Å²) in [6, 6.07) is 2.83. The van der Waals surface area contributed by atoms with Crippen LogP contribution < -0.4 is 5.32 Å². The van der Waals surface area contributed by atoms with Crippen LogP contribution >= 0.6 is 0 Å². The van der Waals surface area contributed by atoms with Gasteiger partial charge in [-0.3, -0.25) is 4.90 Å². The second-order valence-corrected chi connectivity index (χ2v) is 6.37. The van der Waals surface area contributed by atoms with E-state index in [1.807, 2.05) is 0 Å². The zero-order valence-corrected chi connectivity index (χ0v) is 14.1. The van der Waals surface area contributed by atoms with Gasteiger partial charge in [0.25, 0.3) is 0 Å². The molecule has 0 aromatic carbocycles. The summed E-state index contributed by atoms with van der Waals surface area (Å²) in [5.41, 5.74) is 1.32. The average Bonchev–Trinajstić information content (AvgIpc) is 2.69. The predicted octanol–water partition coefficient (Wildman–Crippen LogP) is 3.95. The molecule has 1 rings (SSSR count). The molecule has 1 aromatic rings. The van der Waals surface area contributed by atoms with Crippen LogP contribution in [0.15, 0.2) is 10.5 Å². The van der Waals surface area contributed by atoms with Crippen LogP contribution in [0, 0.1) is 12.8 Å². The summed E-state index contributed by atoms with van der Waals surface area (Å²) in [6.45, 7) is 13.9. The Labute approximate surface area is 124 Å². The quantitative estimate of drug-likeness (QED) is 0.742. The average molecular weight is 280 g/mol. The Balaban J connectivity index is 2.52. The molecule has 0 aliphatic carbocycles. The summed E-state index contributed by atoms with van der Waals surface area (Å²) >= 11 is 0. The standard InChI is InChI=1S/C17H32N2O/c1-7-8-14(4)19(6)12-16-9-17(20-15(16)5)11-18-10-13(2)3/h9,13-14,18H,7-8,10-12H2,1-6H3. The van der Waals surface area contributed by atoms with Crippen LogP contribution in [0.1, 0.15) is 57.6 Å². The number of nitrogens with one attached hydrogen (secondary N) is 1. The maximum atomic E-state index is 5.85. The van der Waals surface area contributed by atoms with Gasteiger partial charge in [0.1, 0.15) is 11.5 Å². The van der Waals surface area contributed by atoms with Gasteiger partial charge >= 0.3 is 0 Å². The highest BCUT2D eigenvalue weighted by Crippen LogP contribution is 2.18. The second-order valence-electron chi connectivity index (χ2n) is 6.37. The first kappa shape index (κ1) is 17.3. The highest BCUT2D eigenvalue weighted by molar-refractivity contribution is 5.20. The SMILES string of the molecule is CCCC(C)N(C)Cc1cc(CNCC(C)C)oc1C. The van der Waals surface area contributed by atoms with Gasteiger partial charge in [-0.05, 0) is 45.8 Å². The van der Waals surface area contributed by atoms with E-state index in [2.05, 4.69) is 57.9 Å². The van der Waals surface area contributed by atoms with Gasteiger partial charge in [0, 0.05) is 18.2 Å². The van der Waals surface area contributed by atoms with Crippen molar-refractivity contribution in [1.82, 2.24) is 10.2 Å². The van der Waals surface area contributed by atoms with Crippen molar-refractivity contribution in [3.63, 3.8) is 0 Å². The van der Waals surface area contributed by atoms with Crippen molar-refractivity contribution in [3.8, 4) is 0 Å². The molecular formula is C17H32N2O. The van der Waals surface area contributed by atoms with Crippen LogP contribution in [0.3, 0.4) is 0 Å². The van der Waals surface area contributed by atoms with E-state index in [0.717, 1.165) is 31.2 Å². The van der Waals surface area contributed by atoms with Gasteiger partial charge in [-0.2, -0.15) is 0 Å². The topological polar surface area (TPSA) is 28.4 Å². The molecule has 0 saturated heterocycles. The maximum Gasteiger partial charge on any atom is 0.118 e. The summed E-state index contributed by atoms with van der Waals surface area (Å²) in [4.78, 5) is 2.41. The van der Waals surface area contributed by atoms with Gasteiger partial charge in [0.05, 0.1) is 6.54 Å². The number of hydrogen-bond acceptors (Lipinski definition) is 3. The summed E-state index contributed by atoms with van der Waals surface area (Å²) in [5, 5.41) is 3.43. The first-order valence-corrected chi connectivity index (χ1v) is 7.93. The van der Waals surface area contributed by atoms with E-state index < -0.39 is 0 Å². The van der Waals surface area contributed by atoms with Crippen LogP contribution in [-0.2, 0) is 13.1 Å². The third-order valence-corrected chi connectivity index (χ3v) is 3.80. The Morgan fingerprint density at radius 2 is 2.00 bits per heavy atom. The Kier molecular flexibility index (Phi) is 7.31. The van der Waals surface area contributed by atoms with E-state index in [4.69, 9.17) is 4.42 Å². The molecule has 0 amide bonds. The highest BCUT2D eigenvalue weighted by atomic mass is 16.3. The van der Waals surface area contributed by atoms with Gasteiger partial charge in [0.2, 0.25) is 0 Å². The molecule has 3 nitrogen and oxygen atoms in total. The van der Waals surface area contributed by atoms with Gasteiger partial charge in [0.15, 0.2) is 0 Å². The fourth-order valence-electron chi connectivity index (χ4n) is 2.38. The Hall–Kier alpha value is -0.800. The monoisotopic (exact) mass is 280 g/mol. The molecule has 0 aliphatic heterocycles. The lowest BCUT2D eigenvalue weighted by atomic mass is 10.1. The van der Waals surface area contributed by atoms with Gasteiger partial charge < -0.3 is 9.73 Å². The number of nitrogens with zero attached hydrogens (tertiary/aromatic N) is 1. The van der Waals surface area contributed by atoms with Crippen molar-refractivity contribution in [2.75, 3.05) is 13.6 Å². The van der Waals surface area contributed by atoms with Crippen molar-refractivity contribution < 1.29 is 4.42 Å². The summed E-state index contributed by atoms with van der Waals surface area (Å²) in [7, 11) is 2.20. The minimum absolute atomic E-state index is 0.622. The predicted molar refractivity (Wildman–Crippen MR) is 85.8 cm³/mol. The van der Waals surface area contributed by atoms with Gasteiger partial charge in [-0.15, -0.1) is 0 Å². The smallest absolute Gasteiger partial charge is 0.118 e. The van der Waals surface area contributed by atoms with Crippen LogP contribution in [0.5, 0.6) is 0 Å². The largest absolute Gasteiger partial charge is 0.465 e. The van der Waals surface area contributed by atoms with E-state index >= 15 is 0 Å². The first-order chi connectivity index (χ1) is 9.43. The number of hydrogen-bond donors (Lipinski definition) is 1. The lowest BCUT2D eigenvalue weighted by Gasteiger charge is -2.23. The van der Waals surface area contributed by atoms with Crippen molar-refractivity contribution in [2.24, 2.45) is 5.92 Å². The molecule has 0 saturated carbocycles. The molecule has 1 unspecified atom stereocenters. The molecule has 1 N–H and O–H groups in total. The third-order valence-electron chi connectivity index (χ3n) is 3.80. The van der Waals surface area contributed by atoms with E-state index in [1.165, 1.54) is 18.4 Å².